The molecule has 0 heterocycles. The molecule has 0 radical (unpaired) electrons. The van der Waals surface area contributed by atoms with Crippen LogP contribution in [-0.4, -0.2) is 33.5 Å². The molecule has 0 aromatic heterocycles. The third-order valence-electron chi connectivity index (χ3n) is 5.23. The fourth-order valence-electron chi connectivity index (χ4n) is 3.52. The number of carboxylic acid groups (broad SMARTS) is 1. The second kappa shape index (κ2) is 11.2. The van der Waals surface area contributed by atoms with Crippen molar-refractivity contribution in [1.82, 2.24) is 0 Å². The van der Waals surface area contributed by atoms with E-state index >= 15 is 0 Å². The standard InChI is InChI=1S/C26H30F2O4/c1-15(2)22(8-7-20(29)13-21(30)14-25(31)32)26(18-5-9-23(27)16(3)11-18)19-6-10-24(28)17(4)12-19/h5-12,15,20-21,29-30H,13-14H2,1-4H3,(H,31,32)/b8-7+/t20-,21?/m1/s1. The van der Waals surface area contributed by atoms with E-state index in [1.807, 2.05) is 13.8 Å². The van der Waals surface area contributed by atoms with Crippen molar-refractivity contribution in [3.63, 3.8) is 0 Å². The first-order valence-corrected chi connectivity index (χ1v) is 10.5. The van der Waals surface area contributed by atoms with Gasteiger partial charge in [0, 0.05) is 6.42 Å². The third-order valence-corrected chi connectivity index (χ3v) is 5.23. The summed E-state index contributed by atoms with van der Waals surface area (Å²) in [6.45, 7) is 7.28. The lowest BCUT2D eigenvalue weighted by atomic mass is 9.86. The van der Waals surface area contributed by atoms with Crippen LogP contribution in [0, 0.1) is 31.4 Å². The molecule has 0 saturated heterocycles. The van der Waals surface area contributed by atoms with E-state index in [4.69, 9.17) is 5.11 Å². The smallest absolute Gasteiger partial charge is 0.305 e. The van der Waals surface area contributed by atoms with E-state index in [1.54, 1.807) is 44.2 Å². The highest BCUT2D eigenvalue weighted by Crippen LogP contribution is 2.33. The van der Waals surface area contributed by atoms with Gasteiger partial charge in [-0.3, -0.25) is 4.79 Å². The normalized spacial score (nSPS) is 13.4. The Morgan fingerprint density at radius 2 is 1.47 bits per heavy atom. The van der Waals surface area contributed by atoms with Gasteiger partial charge >= 0.3 is 5.97 Å². The van der Waals surface area contributed by atoms with Crippen molar-refractivity contribution in [3.05, 3.63) is 88.0 Å². The Morgan fingerprint density at radius 3 is 1.88 bits per heavy atom. The van der Waals surface area contributed by atoms with E-state index in [2.05, 4.69) is 0 Å². The predicted octanol–water partition coefficient (Wildman–Crippen LogP) is 5.18. The van der Waals surface area contributed by atoms with Crippen LogP contribution in [0.1, 0.15) is 48.9 Å². The molecule has 0 amide bonds. The molecule has 3 N–H and O–H groups in total. The van der Waals surface area contributed by atoms with Gasteiger partial charge in [-0.15, -0.1) is 0 Å². The summed E-state index contributed by atoms with van der Waals surface area (Å²) in [7, 11) is 0. The maximum Gasteiger partial charge on any atom is 0.305 e. The minimum atomic E-state index is -1.17. The van der Waals surface area contributed by atoms with E-state index in [-0.39, 0.29) is 24.0 Å². The minimum absolute atomic E-state index is 0.00638. The first-order valence-electron chi connectivity index (χ1n) is 10.5. The lowest BCUT2D eigenvalue weighted by Crippen LogP contribution is -2.19. The Kier molecular flexibility index (Phi) is 8.87. The summed E-state index contributed by atoms with van der Waals surface area (Å²) in [5.74, 6) is -1.80. The first-order chi connectivity index (χ1) is 15.0. The van der Waals surface area contributed by atoms with Gasteiger partial charge in [-0.25, -0.2) is 8.78 Å². The number of hydrogen-bond donors (Lipinski definition) is 3. The zero-order chi connectivity index (χ0) is 24.0. The summed E-state index contributed by atoms with van der Waals surface area (Å²) in [5.41, 5.74) is 4.06. The quantitative estimate of drug-likeness (QED) is 0.466. The summed E-state index contributed by atoms with van der Waals surface area (Å²) in [6, 6.07) is 9.57. The topological polar surface area (TPSA) is 77.8 Å². The predicted molar refractivity (Wildman–Crippen MR) is 121 cm³/mol. The maximum absolute atomic E-state index is 13.9. The number of allylic oxidation sites excluding steroid dienone is 2. The molecule has 0 spiro atoms. The zero-order valence-corrected chi connectivity index (χ0v) is 18.8. The van der Waals surface area contributed by atoms with Crippen LogP contribution in [0.3, 0.4) is 0 Å². The van der Waals surface area contributed by atoms with Crippen molar-refractivity contribution in [2.24, 2.45) is 5.92 Å². The molecule has 6 heteroatoms. The van der Waals surface area contributed by atoms with Crippen molar-refractivity contribution < 1.29 is 28.9 Å². The second-order valence-corrected chi connectivity index (χ2v) is 8.33. The monoisotopic (exact) mass is 444 g/mol. The van der Waals surface area contributed by atoms with Crippen LogP contribution >= 0.6 is 0 Å². The van der Waals surface area contributed by atoms with Gasteiger partial charge < -0.3 is 15.3 Å². The van der Waals surface area contributed by atoms with Gasteiger partial charge in [-0.1, -0.05) is 38.1 Å². The van der Waals surface area contributed by atoms with Gasteiger partial charge in [0.1, 0.15) is 11.6 Å². The molecule has 0 fully saturated rings. The fourth-order valence-corrected chi connectivity index (χ4v) is 3.52. The van der Waals surface area contributed by atoms with E-state index in [1.165, 1.54) is 18.2 Å². The van der Waals surface area contributed by atoms with E-state index < -0.39 is 24.6 Å². The summed E-state index contributed by atoms with van der Waals surface area (Å²) >= 11 is 0. The Morgan fingerprint density at radius 1 is 0.969 bits per heavy atom. The molecule has 2 rings (SSSR count). The van der Waals surface area contributed by atoms with Crippen molar-refractivity contribution in [1.29, 1.82) is 0 Å². The highest BCUT2D eigenvalue weighted by molar-refractivity contribution is 5.84. The fraction of sp³-hybridized carbons (Fsp3) is 0.346. The van der Waals surface area contributed by atoms with Crippen LogP contribution in [-0.2, 0) is 4.79 Å². The van der Waals surface area contributed by atoms with Gasteiger partial charge in [0.15, 0.2) is 0 Å². The number of aliphatic hydroxyl groups excluding tert-OH is 2. The van der Waals surface area contributed by atoms with Gasteiger partial charge in [-0.2, -0.15) is 0 Å². The second-order valence-electron chi connectivity index (χ2n) is 8.33. The average molecular weight is 445 g/mol. The number of aliphatic carboxylic acids is 1. The van der Waals surface area contributed by atoms with Crippen molar-refractivity contribution >= 4 is 11.5 Å². The van der Waals surface area contributed by atoms with Crippen LogP contribution in [0.15, 0.2) is 54.1 Å². The molecule has 2 aromatic carbocycles. The van der Waals surface area contributed by atoms with E-state index in [9.17, 15) is 23.8 Å². The number of carboxylic acids is 1. The van der Waals surface area contributed by atoms with E-state index in [0.29, 0.717) is 11.1 Å². The molecule has 1 unspecified atom stereocenters. The number of benzene rings is 2. The molecule has 0 aliphatic heterocycles. The third kappa shape index (κ3) is 6.84. The lowest BCUT2D eigenvalue weighted by molar-refractivity contribution is -0.139. The molecule has 32 heavy (non-hydrogen) atoms. The van der Waals surface area contributed by atoms with Crippen molar-refractivity contribution in [3.8, 4) is 0 Å². The number of aryl methyl sites for hydroxylation is 2. The molecule has 2 atom stereocenters. The summed E-state index contributed by atoms with van der Waals surface area (Å²) in [6.07, 6.45) is 0.450. The van der Waals surface area contributed by atoms with Gasteiger partial charge in [-0.05, 0) is 77.4 Å². The number of carbonyl (C=O) groups is 1. The van der Waals surface area contributed by atoms with E-state index in [0.717, 1.165) is 22.3 Å². The summed E-state index contributed by atoms with van der Waals surface area (Å²) < 4.78 is 27.9. The van der Waals surface area contributed by atoms with Gasteiger partial charge in [0.2, 0.25) is 0 Å². The number of hydrogen-bond acceptors (Lipinski definition) is 3. The molecule has 2 aromatic rings. The largest absolute Gasteiger partial charge is 0.481 e. The zero-order valence-electron chi connectivity index (χ0n) is 18.8. The average Bonchev–Trinajstić information content (AvgIpc) is 2.68. The molecular formula is C26H30F2O4. The number of rotatable bonds is 9. The molecule has 0 aliphatic carbocycles. The van der Waals surface area contributed by atoms with Crippen molar-refractivity contribution in [2.45, 2.75) is 52.7 Å². The van der Waals surface area contributed by atoms with Gasteiger partial charge in [0.05, 0.1) is 18.6 Å². The first kappa shape index (κ1) is 25.4. The van der Waals surface area contributed by atoms with Crippen molar-refractivity contribution in [2.75, 3.05) is 0 Å². The maximum atomic E-state index is 13.9. The SMILES string of the molecule is Cc1cc(C(=C(/C=C/[C@@H](O)CC(O)CC(=O)O)C(C)C)c2ccc(F)c(C)c2)ccc1F. The highest BCUT2D eigenvalue weighted by atomic mass is 19.1. The Balaban J connectivity index is 2.58. The van der Waals surface area contributed by atoms with Crippen LogP contribution in [0.25, 0.3) is 5.57 Å². The minimum Gasteiger partial charge on any atom is -0.481 e. The van der Waals surface area contributed by atoms with Crippen LogP contribution in [0.2, 0.25) is 0 Å². The number of halogens is 2. The molecule has 0 aliphatic rings. The lowest BCUT2D eigenvalue weighted by Gasteiger charge is -2.19. The van der Waals surface area contributed by atoms with Crippen LogP contribution < -0.4 is 0 Å². The molecule has 4 nitrogen and oxygen atoms in total. The molecular weight excluding hydrogens is 414 g/mol. The number of aliphatic hydroxyl groups is 2. The Hall–Kier alpha value is -2.83. The summed E-state index contributed by atoms with van der Waals surface area (Å²) in [5, 5.41) is 28.8. The Bertz CT molecular complexity index is 971. The van der Waals surface area contributed by atoms with Crippen LogP contribution in [0.4, 0.5) is 8.78 Å². The molecule has 0 bridgehead atoms. The van der Waals surface area contributed by atoms with Gasteiger partial charge in [0.25, 0.3) is 0 Å². The highest BCUT2D eigenvalue weighted by Gasteiger charge is 2.17. The Labute approximate surface area is 187 Å². The van der Waals surface area contributed by atoms with Crippen LogP contribution in [0.5, 0.6) is 0 Å². The molecule has 0 saturated carbocycles. The molecule has 172 valence electrons. The summed E-state index contributed by atoms with van der Waals surface area (Å²) in [4.78, 5) is 10.7.